The van der Waals surface area contributed by atoms with Crippen LogP contribution in [0.5, 0.6) is 5.75 Å². The van der Waals surface area contributed by atoms with Gasteiger partial charge in [0.2, 0.25) is 0 Å². The smallest absolute Gasteiger partial charge is 0.124 e. The van der Waals surface area contributed by atoms with Gasteiger partial charge in [0.1, 0.15) is 11.4 Å². The molecule has 1 fully saturated rings. The Labute approximate surface area is 236 Å². The van der Waals surface area contributed by atoms with Crippen LogP contribution in [0.2, 0.25) is 0 Å². The zero-order chi connectivity index (χ0) is 26.7. The lowest BCUT2D eigenvalue weighted by Crippen LogP contribution is -2.49. The molecule has 1 nitrogen and oxygen atoms in total. The van der Waals surface area contributed by atoms with Crippen molar-refractivity contribution in [2.24, 2.45) is 0 Å². The van der Waals surface area contributed by atoms with Crippen molar-refractivity contribution in [2.75, 3.05) is 0 Å². The van der Waals surface area contributed by atoms with E-state index in [1.807, 2.05) is 0 Å². The van der Waals surface area contributed by atoms with Crippen LogP contribution in [0.1, 0.15) is 67.3 Å². The van der Waals surface area contributed by atoms with Crippen molar-refractivity contribution in [1.29, 1.82) is 0 Å². The molecular weight excluding hydrogens is 484 g/mol. The van der Waals surface area contributed by atoms with Crippen LogP contribution in [0.15, 0.2) is 109 Å². The van der Waals surface area contributed by atoms with Crippen LogP contribution in [0.3, 0.4) is 0 Å². The minimum Gasteiger partial charge on any atom is -0.486 e. The molecule has 5 aromatic carbocycles. The molecule has 194 valence electrons. The summed E-state index contributed by atoms with van der Waals surface area (Å²) >= 11 is 0. The molecule has 5 aromatic rings. The second-order valence-corrected chi connectivity index (χ2v) is 12.7. The summed E-state index contributed by atoms with van der Waals surface area (Å²) in [5, 5.41) is 0. The molecule has 1 heterocycles. The molecular formula is C39H32O. The Morgan fingerprint density at radius 3 is 1.70 bits per heavy atom. The summed E-state index contributed by atoms with van der Waals surface area (Å²) in [6.45, 7) is 4.76. The van der Waals surface area contributed by atoms with Gasteiger partial charge in [0, 0.05) is 11.0 Å². The van der Waals surface area contributed by atoms with Crippen LogP contribution in [-0.2, 0) is 10.8 Å². The summed E-state index contributed by atoms with van der Waals surface area (Å²) in [5.41, 5.74) is 14.6. The van der Waals surface area contributed by atoms with E-state index in [-0.39, 0.29) is 16.4 Å². The predicted molar refractivity (Wildman–Crippen MR) is 163 cm³/mol. The molecule has 1 aliphatic heterocycles. The van der Waals surface area contributed by atoms with Crippen molar-refractivity contribution < 1.29 is 4.74 Å². The van der Waals surface area contributed by atoms with Gasteiger partial charge in [-0.25, -0.2) is 0 Å². The largest absolute Gasteiger partial charge is 0.486 e. The maximum atomic E-state index is 6.64. The fraction of sp³-hybridized carbons (Fsp3) is 0.231. The summed E-state index contributed by atoms with van der Waals surface area (Å²) in [7, 11) is 0. The third-order valence-electron chi connectivity index (χ3n) is 11.0. The lowest BCUT2D eigenvalue weighted by Gasteiger charge is -2.43. The van der Waals surface area contributed by atoms with Gasteiger partial charge in [0.25, 0.3) is 0 Å². The molecule has 0 bridgehead atoms. The van der Waals surface area contributed by atoms with Crippen LogP contribution in [-0.4, -0.2) is 5.60 Å². The second kappa shape index (κ2) is 7.55. The van der Waals surface area contributed by atoms with Crippen molar-refractivity contribution in [2.45, 2.75) is 56.0 Å². The van der Waals surface area contributed by atoms with Crippen LogP contribution in [0.25, 0.3) is 33.4 Å². The lowest BCUT2D eigenvalue weighted by molar-refractivity contribution is 0.00740. The van der Waals surface area contributed by atoms with Gasteiger partial charge in [-0.05, 0) is 100 Å². The predicted octanol–water partition coefficient (Wildman–Crippen LogP) is 9.68. The lowest BCUT2D eigenvalue weighted by atomic mass is 9.63. The number of fused-ring (bicyclic) bond motifs is 13. The first-order chi connectivity index (χ1) is 19.5. The van der Waals surface area contributed by atoms with Crippen molar-refractivity contribution in [3.8, 4) is 39.1 Å². The summed E-state index contributed by atoms with van der Waals surface area (Å²) in [6, 6.07) is 41.3. The van der Waals surface area contributed by atoms with Gasteiger partial charge in [-0.3, -0.25) is 0 Å². The highest BCUT2D eigenvalue weighted by Gasteiger charge is 2.55. The van der Waals surface area contributed by atoms with E-state index >= 15 is 0 Å². The molecule has 1 saturated carbocycles. The average molecular weight is 517 g/mol. The number of rotatable bonds is 1. The van der Waals surface area contributed by atoms with E-state index in [0.29, 0.717) is 0 Å². The molecule has 2 unspecified atom stereocenters. The van der Waals surface area contributed by atoms with Gasteiger partial charge in [0.15, 0.2) is 0 Å². The molecule has 1 heteroatoms. The highest BCUT2D eigenvalue weighted by molar-refractivity contribution is 5.96. The molecule has 0 amide bonds. The van der Waals surface area contributed by atoms with Gasteiger partial charge in [-0.2, -0.15) is 0 Å². The summed E-state index contributed by atoms with van der Waals surface area (Å²) in [6.07, 6.45) is 4.86. The second-order valence-electron chi connectivity index (χ2n) is 12.7. The van der Waals surface area contributed by atoms with E-state index in [9.17, 15) is 0 Å². The molecule has 4 aliphatic rings. The Hall–Kier alpha value is -4.10. The molecule has 0 N–H and O–H groups in total. The quantitative estimate of drug-likeness (QED) is 0.211. The maximum Gasteiger partial charge on any atom is 0.124 e. The fourth-order valence-corrected chi connectivity index (χ4v) is 8.82. The molecule has 2 atom stereocenters. The third kappa shape index (κ3) is 2.55. The standard InChI is InChI=1S/C39H32O/c1-37-21-9-10-22-38(37,2)40-36-20-18-26(24-35(36)37)25-17-19-34-30(23-25)29-13-5-8-16-33(29)39(34)31-14-6-3-11-27(31)28-12-4-7-15-32(28)39/h3-8,11-20,23-24H,9-10,21-22H2,1-2H3. The Balaban J connectivity index is 1.26. The van der Waals surface area contributed by atoms with Gasteiger partial charge in [-0.15, -0.1) is 0 Å². The highest BCUT2D eigenvalue weighted by Crippen LogP contribution is 2.63. The number of ether oxygens (including phenoxy) is 1. The van der Waals surface area contributed by atoms with E-state index in [0.717, 1.165) is 12.2 Å². The zero-order valence-corrected chi connectivity index (χ0v) is 23.1. The van der Waals surface area contributed by atoms with E-state index in [2.05, 4.69) is 123 Å². The monoisotopic (exact) mass is 516 g/mol. The fourth-order valence-electron chi connectivity index (χ4n) is 8.82. The van der Waals surface area contributed by atoms with Crippen molar-refractivity contribution in [3.05, 3.63) is 137 Å². The number of hydrogen-bond acceptors (Lipinski definition) is 1. The Kier molecular flexibility index (Phi) is 4.28. The summed E-state index contributed by atoms with van der Waals surface area (Å²) in [5.74, 6) is 1.08. The van der Waals surface area contributed by atoms with E-state index in [4.69, 9.17) is 4.74 Å². The van der Waals surface area contributed by atoms with Gasteiger partial charge >= 0.3 is 0 Å². The van der Waals surface area contributed by atoms with Crippen molar-refractivity contribution in [3.63, 3.8) is 0 Å². The number of benzene rings is 5. The summed E-state index contributed by atoms with van der Waals surface area (Å²) in [4.78, 5) is 0. The molecule has 0 aromatic heterocycles. The maximum absolute atomic E-state index is 6.64. The van der Waals surface area contributed by atoms with E-state index in [1.54, 1.807) is 0 Å². The van der Waals surface area contributed by atoms with Crippen molar-refractivity contribution >= 4 is 0 Å². The van der Waals surface area contributed by atoms with Gasteiger partial charge < -0.3 is 4.74 Å². The normalized spacial score (nSPS) is 23.9. The molecule has 3 aliphatic carbocycles. The van der Waals surface area contributed by atoms with Gasteiger partial charge in [-0.1, -0.05) is 104 Å². The SMILES string of the molecule is CC12CCCCC1(C)c1cc(-c3ccc4c(c3)-c3ccccc3C43c4ccccc4-c4ccccc43)ccc1O2. The first-order valence-corrected chi connectivity index (χ1v) is 14.8. The Morgan fingerprint density at radius 2 is 1.02 bits per heavy atom. The van der Waals surface area contributed by atoms with Crippen molar-refractivity contribution in [1.82, 2.24) is 0 Å². The summed E-state index contributed by atoms with van der Waals surface area (Å²) < 4.78 is 6.64. The molecule has 1 spiro atoms. The topological polar surface area (TPSA) is 9.23 Å². The van der Waals surface area contributed by atoms with Crippen LogP contribution < -0.4 is 4.74 Å². The first kappa shape index (κ1) is 22.7. The molecule has 0 saturated heterocycles. The minimum absolute atomic E-state index is 0.0707. The molecule has 0 radical (unpaired) electrons. The van der Waals surface area contributed by atoms with Crippen LogP contribution in [0, 0.1) is 0 Å². The third-order valence-corrected chi connectivity index (χ3v) is 11.0. The Morgan fingerprint density at radius 1 is 0.500 bits per heavy atom. The zero-order valence-electron chi connectivity index (χ0n) is 23.1. The van der Waals surface area contributed by atoms with Gasteiger partial charge in [0.05, 0.1) is 5.41 Å². The average Bonchev–Trinajstić information content (AvgIpc) is 3.55. The van der Waals surface area contributed by atoms with E-state index in [1.165, 1.54) is 80.5 Å². The number of hydrogen-bond donors (Lipinski definition) is 0. The van der Waals surface area contributed by atoms with Crippen LogP contribution >= 0.6 is 0 Å². The first-order valence-electron chi connectivity index (χ1n) is 14.8. The highest BCUT2D eigenvalue weighted by atomic mass is 16.5. The molecule has 9 rings (SSSR count). The van der Waals surface area contributed by atoms with Crippen LogP contribution in [0.4, 0.5) is 0 Å². The minimum atomic E-state index is -0.277. The van der Waals surface area contributed by atoms with E-state index < -0.39 is 0 Å². The molecule has 40 heavy (non-hydrogen) atoms. The Bertz CT molecular complexity index is 1830.